The molecule has 144 valence electrons. The average molecular weight is 377 g/mol. The summed E-state index contributed by atoms with van der Waals surface area (Å²) in [7, 11) is 0. The molecule has 3 aromatic rings. The number of amides is 1. The number of carbonyl (C=O) groups excluding carboxylic acids is 1. The van der Waals surface area contributed by atoms with Crippen molar-refractivity contribution < 1.29 is 9.53 Å². The summed E-state index contributed by atoms with van der Waals surface area (Å²) in [4.78, 5) is 31.6. The van der Waals surface area contributed by atoms with Gasteiger partial charge in [0.15, 0.2) is 0 Å². The Kier molecular flexibility index (Phi) is 5.37. The lowest BCUT2D eigenvalue weighted by atomic mass is 10.2. The van der Waals surface area contributed by atoms with Crippen LogP contribution in [0.3, 0.4) is 0 Å². The van der Waals surface area contributed by atoms with Crippen LogP contribution in [0.1, 0.15) is 37.9 Å². The van der Waals surface area contributed by atoms with Crippen LogP contribution in [-0.2, 0) is 11.2 Å². The quantitative estimate of drug-likeness (QED) is 0.684. The van der Waals surface area contributed by atoms with Crippen LogP contribution < -0.4 is 15.6 Å². The number of H-pyrrole nitrogens is 1. The minimum atomic E-state index is -0.183. The Labute approximate surface area is 163 Å². The lowest BCUT2D eigenvalue weighted by Gasteiger charge is -2.14. The number of aryl methyl sites for hydroxylation is 1. The Bertz CT molecular complexity index is 1040. The lowest BCUT2D eigenvalue weighted by Crippen LogP contribution is -2.16. The van der Waals surface area contributed by atoms with Crippen molar-refractivity contribution >= 4 is 22.5 Å². The summed E-state index contributed by atoms with van der Waals surface area (Å²) >= 11 is 0. The fourth-order valence-electron chi connectivity index (χ4n) is 3.55. The molecular formula is C22H23N3O3. The van der Waals surface area contributed by atoms with Crippen molar-refractivity contribution in [3.05, 3.63) is 64.7 Å². The molecule has 6 heteroatoms. The maximum Gasteiger partial charge on any atom is 0.258 e. The van der Waals surface area contributed by atoms with Gasteiger partial charge in [0.2, 0.25) is 5.91 Å². The Morgan fingerprint density at radius 3 is 2.82 bits per heavy atom. The van der Waals surface area contributed by atoms with E-state index in [4.69, 9.17) is 4.74 Å². The third kappa shape index (κ3) is 4.39. The topological polar surface area (TPSA) is 84.1 Å². The summed E-state index contributed by atoms with van der Waals surface area (Å²) in [5, 5.41) is 3.44. The molecule has 4 rings (SSSR count). The summed E-state index contributed by atoms with van der Waals surface area (Å²) in [6.07, 6.45) is 5.49. The summed E-state index contributed by atoms with van der Waals surface area (Å²) in [5.41, 5.74) is 1.16. The second-order valence-electron chi connectivity index (χ2n) is 7.13. The van der Waals surface area contributed by atoms with E-state index in [0.717, 1.165) is 18.6 Å². The SMILES string of the molecule is O=C(CCc1nc2ccccc2c(=O)[nH]1)Nc1cccc(OC2CCCC2)c1. The third-order valence-corrected chi connectivity index (χ3v) is 4.97. The number of hydrogen-bond donors (Lipinski definition) is 2. The minimum absolute atomic E-state index is 0.131. The maximum atomic E-state index is 12.3. The zero-order valence-corrected chi connectivity index (χ0v) is 15.6. The number of ether oxygens (including phenoxy) is 1. The van der Waals surface area contributed by atoms with Crippen LogP contribution in [0, 0.1) is 0 Å². The average Bonchev–Trinajstić information content (AvgIpc) is 3.20. The number of nitrogens with one attached hydrogen (secondary N) is 2. The number of hydrogen-bond acceptors (Lipinski definition) is 4. The van der Waals surface area contributed by atoms with Crippen molar-refractivity contribution in [2.75, 3.05) is 5.32 Å². The van der Waals surface area contributed by atoms with Gasteiger partial charge in [0.05, 0.1) is 17.0 Å². The normalized spacial score (nSPS) is 14.3. The van der Waals surface area contributed by atoms with Crippen LogP contribution in [0.15, 0.2) is 53.3 Å². The van der Waals surface area contributed by atoms with Crippen molar-refractivity contribution in [1.82, 2.24) is 9.97 Å². The summed E-state index contributed by atoms with van der Waals surface area (Å²) in [5.74, 6) is 1.16. The Morgan fingerprint density at radius 2 is 1.96 bits per heavy atom. The van der Waals surface area contributed by atoms with Gasteiger partial charge in [0.25, 0.3) is 5.56 Å². The fourth-order valence-corrected chi connectivity index (χ4v) is 3.55. The highest BCUT2D eigenvalue weighted by molar-refractivity contribution is 5.91. The standard InChI is InChI=1S/C22H23N3O3/c26-21(13-12-20-24-19-11-4-3-10-18(19)22(27)25-20)23-15-6-5-9-17(14-15)28-16-7-1-2-8-16/h3-6,9-11,14,16H,1-2,7-8,12-13H2,(H,23,26)(H,24,25,27). The van der Waals surface area contributed by atoms with Crippen LogP contribution in [0.4, 0.5) is 5.69 Å². The fraction of sp³-hybridized carbons (Fsp3) is 0.318. The molecule has 1 heterocycles. The van der Waals surface area contributed by atoms with Gasteiger partial charge in [-0.1, -0.05) is 18.2 Å². The molecule has 1 aliphatic carbocycles. The maximum absolute atomic E-state index is 12.3. The Balaban J connectivity index is 1.36. The molecule has 28 heavy (non-hydrogen) atoms. The molecule has 0 unspecified atom stereocenters. The van der Waals surface area contributed by atoms with Gasteiger partial charge in [0.1, 0.15) is 11.6 Å². The van der Waals surface area contributed by atoms with E-state index < -0.39 is 0 Å². The Hall–Kier alpha value is -3.15. The van der Waals surface area contributed by atoms with E-state index in [9.17, 15) is 9.59 Å². The highest BCUT2D eigenvalue weighted by Gasteiger charge is 2.16. The van der Waals surface area contributed by atoms with Crippen molar-refractivity contribution in [3.8, 4) is 5.75 Å². The number of benzene rings is 2. The van der Waals surface area contributed by atoms with Gasteiger partial charge in [-0.3, -0.25) is 9.59 Å². The predicted molar refractivity (Wildman–Crippen MR) is 109 cm³/mol. The highest BCUT2D eigenvalue weighted by atomic mass is 16.5. The van der Waals surface area contributed by atoms with Crippen molar-refractivity contribution in [1.29, 1.82) is 0 Å². The molecular weight excluding hydrogens is 354 g/mol. The van der Waals surface area contributed by atoms with Gasteiger partial charge in [-0.2, -0.15) is 0 Å². The first-order chi connectivity index (χ1) is 13.7. The predicted octanol–water partition coefficient (Wildman–Crippen LogP) is 3.82. The van der Waals surface area contributed by atoms with E-state index in [2.05, 4.69) is 15.3 Å². The molecule has 1 fully saturated rings. The zero-order chi connectivity index (χ0) is 19.3. The van der Waals surface area contributed by atoms with Gasteiger partial charge >= 0.3 is 0 Å². The summed E-state index contributed by atoms with van der Waals surface area (Å²) in [6, 6.07) is 14.7. The summed E-state index contributed by atoms with van der Waals surface area (Å²) < 4.78 is 5.98. The second-order valence-corrected chi connectivity index (χ2v) is 7.13. The second kappa shape index (κ2) is 8.25. The molecule has 1 aliphatic rings. The molecule has 2 N–H and O–H groups in total. The number of nitrogens with zero attached hydrogens (tertiary/aromatic N) is 1. The molecule has 1 aromatic heterocycles. The first kappa shape index (κ1) is 18.2. The number of carbonyl (C=O) groups is 1. The molecule has 0 atom stereocenters. The smallest absolute Gasteiger partial charge is 0.258 e. The number of aromatic nitrogens is 2. The molecule has 0 bridgehead atoms. The molecule has 0 aliphatic heterocycles. The highest BCUT2D eigenvalue weighted by Crippen LogP contribution is 2.25. The van der Waals surface area contributed by atoms with E-state index in [-0.39, 0.29) is 24.0 Å². The monoisotopic (exact) mass is 377 g/mol. The van der Waals surface area contributed by atoms with Crippen molar-refractivity contribution in [2.45, 2.75) is 44.6 Å². The van der Waals surface area contributed by atoms with Crippen LogP contribution >= 0.6 is 0 Å². The van der Waals surface area contributed by atoms with E-state index in [1.807, 2.05) is 30.3 Å². The molecule has 1 amide bonds. The molecule has 6 nitrogen and oxygen atoms in total. The first-order valence-corrected chi connectivity index (χ1v) is 9.72. The zero-order valence-electron chi connectivity index (χ0n) is 15.6. The first-order valence-electron chi connectivity index (χ1n) is 9.72. The molecule has 0 saturated heterocycles. The number of anilines is 1. The molecule has 0 radical (unpaired) electrons. The van der Waals surface area contributed by atoms with Gasteiger partial charge in [-0.05, 0) is 49.9 Å². The lowest BCUT2D eigenvalue weighted by molar-refractivity contribution is -0.116. The van der Waals surface area contributed by atoms with Gasteiger partial charge < -0.3 is 15.0 Å². The van der Waals surface area contributed by atoms with E-state index in [0.29, 0.717) is 28.8 Å². The van der Waals surface area contributed by atoms with Crippen LogP contribution in [0.5, 0.6) is 5.75 Å². The van der Waals surface area contributed by atoms with Gasteiger partial charge in [-0.25, -0.2) is 4.98 Å². The molecule has 1 saturated carbocycles. The largest absolute Gasteiger partial charge is 0.490 e. The van der Waals surface area contributed by atoms with E-state index in [1.54, 1.807) is 18.2 Å². The molecule has 2 aromatic carbocycles. The summed E-state index contributed by atoms with van der Waals surface area (Å²) in [6.45, 7) is 0. The number of fused-ring (bicyclic) bond motifs is 1. The number of aromatic amines is 1. The third-order valence-electron chi connectivity index (χ3n) is 4.97. The van der Waals surface area contributed by atoms with Crippen LogP contribution in [0.25, 0.3) is 10.9 Å². The minimum Gasteiger partial charge on any atom is -0.490 e. The van der Waals surface area contributed by atoms with Gasteiger partial charge in [-0.15, -0.1) is 0 Å². The van der Waals surface area contributed by atoms with E-state index >= 15 is 0 Å². The van der Waals surface area contributed by atoms with Crippen molar-refractivity contribution in [2.24, 2.45) is 0 Å². The van der Waals surface area contributed by atoms with E-state index in [1.165, 1.54) is 12.8 Å². The number of para-hydroxylation sites is 1. The van der Waals surface area contributed by atoms with Crippen LogP contribution in [-0.4, -0.2) is 22.0 Å². The van der Waals surface area contributed by atoms with Crippen molar-refractivity contribution in [3.63, 3.8) is 0 Å². The number of rotatable bonds is 6. The molecule has 0 spiro atoms. The van der Waals surface area contributed by atoms with Crippen LogP contribution in [0.2, 0.25) is 0 Å². The Morgan fingerprint density at radius 1 is 1.14 bits per heavy atom. The van der Waals surface area contributed by atoms with Gasteiger partial charge in [0, 0.05) is 24.6 Å².